The average Bonchev–Trinajstić information content (AvgIpc) is 1.83. The average molecular weight is 164 g/mol. The van der Waals surface area contributed by atoms with Crippen molar-refractivity contribution in [2.24, 2.45) is 0 Å². The monoisotopic (exact) mass is 163 g/mol. The van der Waals surface area contributed by atoms with Crippen molar-refractivity contribution < 1.29 is 4.79 Å². The first-order chi connectivity index (χ1) is 4.39. The quantitative estimate of drug-likeness (QED) is 0.565. The molecule has 0 heterocycles. The molecule has 3 heteroatoms. The molecular weight excluding hydrogens is 150 g/mol. The van der Waals surface area contributed by atoms with E-state index in [1.807, 2.05) is 6.92 Å². The third-order valence-corrected chi connectivity index (χ3v) is 1.49. The summed E-state index contributed by atoms with van der Waals surface area (Å²) >= 11 is 5.77. The normalized spacial score (nSPS) is 11.3. The van der Waals surface area contributed by atoms with Gasteiger partial charge in [-0.15, -0.1) is 11.6 Å². The molecule has 1 amide bonds. The number of nitrogens with zero attached hydrogens (tertiary/aromatic N) is 1. The Morgan fingerprint density at radius 2 is 2.00 bits per heavy atom. The number of hydrogen-bond acceptors (Lipinski definition) is 1. The number of amides is 1. The standard InChI is InChI=1S/C7H14ClNO/c1-5-9(4)6(10)7(2,3)8/h5H2,1-4H3. The molecule has 0 saturated carbocycles. The molecule has 0 aliphatic carbocycles. The van der Waals surface area contributed by atoms with Crippen molar-refractivity contribution in [2.45, 2.75) is 25.6 Å². The molecule has 0 aromatic heterocycles. The second kappa shape index (κ2) is 3.24. The van der Waals surface area contributed by atoms with E-state index in [4.69, 9.17) is 11.6 Å². The Labute approximate surface area is 67.2 Å². The van der Waals surface area contributed by atoms with Gasteiger partial charge in [0.2, 0.25) is 5.91 Å². The lowest BCUT2D eigenvalue weighted by Gasteiger charge is -2.22. The van der Waals surface area contributed by atoms with E-state index in [2.05, 4.69) is 0 Å². The van der Waals surface area contributed by atoms with E-state index < -0.39 is 4.87 Å². The van der Waals surface area contributed by atoms with Crippen molar-refractivity contribution in [1.29, 1.82) is 0 Å². The van der Waals surface area contributed by atoms with E-state index in [-0.39, 0.29) is 5.91 Å². The largest absolute Gasteiger partial charge is 0.345 e. The lowest BCUT2D eigenvalue weighted by atomic mass is 10.2. The fourth-order valence-corrected chi connectivity index (χ4v) is 0.742. The molecule has 0 atom stereocenters. The van der Waals surface area contributed by atoms with Crippen LogP contribution in [0.4, 0.5) is 0 Å². The van der Waals surface area contributed by atoms with Gasteiger partial charge in [-0.25, -0.2) is 0 Å². The number of alkyl halides is 1. The van der Waals surface area contributed by atoms with Gasteiger partial charge in [-0.1, -0.05) is 0 Å². The van der Waals surface area contributed by atoms with Crippen molar-refractivity contribution in [2.75, 3.05) is 13.6 Å². The van der Waals surface area contributed by atoms with Crippen molar-refractivity contribution in [3.8, 4) is 0 Å². The van der Waals surface area contributed by atoms with Crippen LogP contribution in [0.5, 0.6) is 0 Å². The van der Waals surface area contributed by atoms with E-state index in [9.17, 15) is 4.79 Å². The zero-order valence-corrected chi connectivity index (χ0v) is 7.70. The predicted octanol–water partition coefficient (Wildman–Crippen LogP) is 1.48. The van der Waals surface area contributed by atoms with Gasteiger partial charge in [-0.05, 0) is 20.8 Å². The van der Waals surface area contributed by atoms with Crippen LogP contribution in [0.25, 0.3) is 0 Å². The molecular formula is C7H14ClNO. The maximum Gasteiger partial charge on any atom is 0.242 e. The summed E-state index contributed by atoms with van der Waals surface area (Å²) in [6.45, 7) is 6.02. The number of carbonyl (C=O) groups excluding carboxylic acids is 1. The number of carbonyl (C=O) groups is 1. The lowest BCUT2D eigenvalue weighted by Crippen LogP contribution is -2.39. The van der Waals surface area contributed by atoms with Gasteiger partial charge in [0, 0.05) is 13.6 Å². The van der Waals surface area contributed by atoms with Gasteiger partial charge in [0.05, 0.1) is 0 Å². The molecule has 0 radical (unpaired) electrons. The Balaban J connectivity index is 4.09. The maximum absolute atomic E-state index is 11.2. The molecule has 60 valence electrons. The summed E-state index contributed by atoms with van der Waals surface area (Å²) in [5.74, 6) is -0.0309. The van der Waals surface area contributed by atoms with Crippen LogP contribution < -0.4 is 0 Å². The molecule has 0 fully saturated rings. The van der Waals surface area contributed by atoms with E-state index in [1.54, 1.807) is 25.8 Å². The molecule has 0 aromatic carbocycles. The number of rotatable bonds is 2. The van der Waals surface area contributed by atoms with Crippen LogP contribution in [0.15, 0.2) is 0 Å². The first-order valence-corrected chi connectivity index (χ1v) is 3.72. The van der Waals surface area contributed by atoms with Crippen molar-refractivity contribution >= 4 is 17.5 Å². The highest BCUT2D eigenvalue weighted by Gasteiger charge is 2.26. The van der Waals surface area contributed by atoms with Gasteiger partial charge in [0.1, 0.15) is 4.87 Å². The smallest absolute Gasteiger partial charge is 0.242 e. The van der Waals surface area contributed by atoms with Crippen molar-refractivity contribution in [3.05, 3.63) is 0 Å². The van der Waals surface area contributed by atoms with Crippen LogP contribution in [-0.4, -0.2) is 29.3 Å². The zero-order chi connectivity index (χ0) is 8.36. The molecule has 10 heavy (non-hydrogen) atoms. The molecule has 0 saturated heterocycles. The van der Waals surface area contributed by atoms with Crippen LogP contribution in [0.2, 0.25) is 0 Å². The Kier molecular flexibility index (Phi) is 3.16. The van der Waals surface area contributed by atoms with E-state index in [1.165, 1.54) is 0 Å². The molecule has 2 nitrogen and oxygen atoms in total. The Bertz CT molecular complexity index is 128. The Morgan fingerprint density at radius 1 is 1.60 bits per heavy atom. The topological polar surface area (TPSA) is 20.3 Å². The number of hydrogen-bond donors (Lipinski definition) is 0. The van der Waals surface area contributed by atoms with Crippen LogP contribution in [0, 0.1) is 0 Å². The van der Waals surface area contributed by atoms with Gasteiger partial charge >= 0.3 is 0 Å². The molecule has 0 aromatic rings. The van der Waals surface area contributed by atoms with Crippen LogP contribution >= 0.6 is 11.6 Å². The highest BCUT2D eigenvalue weighted by atomic mass is 35.5. The molecule has 0 unspecified atom stereocenters. The second-order valence-electron chi connectivity index (χ2n) is 2.79. The summed E-state index contributed by atoms with van der Waals surface area (Å²) in [5.41, 5.74) is 0. The first-order valence-electron chi connectivity index (χ1n) is 3.34. The molecule has 0 rings (SSSR count). The summed E-state index contributed by atoms with van der Waals surface area (Å²) in [6, 6.07) is 0. The molecule has 0 aliphatic rings. The summed E-state index contributed by atoms with van der Waals surface area (Å²) in [7, 11) is 1.74. The third kappa shape index (κ3) is 2.56. The van der Waals surface area contributed by atoms with E-state index >= 15 is 0 Å². The minimum atomic E-state index is -0.759. The fraction of sp³-hybridized carbons (Fsp3) is 0.857. The Hall–Kier alpha value is -0.240. The van der Waals surface area contributed by atoms with Crippen LogP contribution in [0.3, 0.4) is 0 Å². The third-order valence-electron chi connectivity index (χ3n) is 1.33. The van der Waals surface area contributed by atoms with Crippen LogP contribution in [0.1, 0.15) is 20.8 Å². The maximum atomic E-state index is 11.2. The lowest BCUT2D eigenvalue weighted by molar-refractivity contribution is -0.131. The minimum absolute atomic E-state index is 0.0309. The first kappa shape index (κ1) is 9.76. The predicted molar refractivity (Wildman–Crippen MR) is 43.2 cm³/mol. The second-order valence-corrected chi connectivity index (χ2v) is 3.74. The van der Waals surface area contributed by atoms with Gasteiger partial charge < -0.3 is 4.90 Å². The molecule has 0 spiro atoms. The van der Waals surface area contributed by atoms with E-state index in [0.717, 1.165) is 0 Å². The Morgan fingerprint density at radius 3 is 2.10 bits per heavy atom. The molecule has 0 N–H and O–H groups in total. The zero-order valence-electron chi connectivity index (χ0n) is 6.94. The highest BCUT2D eigenvalue weighted by Crippen LogP contribution is 2.14. The highest BCUT2D eigenvalue weighted by molar-refractivity contribution is 6.34. The summed E-state index contributed by atoms with van der Waals surface area (Å²) in [4.78, 5) is 12.0. The van der Waals surface area contributed by atoms with Crippen molar-refractivity contribution in [1.82, 2.24) is 4.90 Å². The van der Waals surface area contributed by atoms with Gasteiger partial charge in [0.15, 0.2) is 0 Å². The fourth-order valence-electron chi connectivity index (χ4n) is 0.597. The number of halogens is 1. The SMILES string of the molecule is CCN(C)C(=O)C(C)(C)Cl. The van der Waals surface area contributed by atoms with Crippen molar-refractivity contribution in [3.63, 3.8) is 0 Å². The van der Waals surface area contributed by atoms with Crippen LogP contribution in [-0.2, 0) is 4.79 Å². The van der Waals surface area contributed by atoms with Gasteiger partial charge in [-0.2, -0.15) is 0 Å². The summed E-state index contributed by atoms with van der Waals surface area (Å²) in [6.07, 6.45) is 0. The molecule has 0 bridgehead atoms. The minimum Gasteiger partial charge on any atom is -0.345 e. The van der Waals surface area contributed by atoms with E-state index in [0.29, 0.717) is 6.54 Å². The summed E-state index contributed by atoms with van der Waals surface area (Å²) in [5, 5.41) is 0. The summed E-state index contributed by atoms with van der Waals surface area (Å²) < 4.78 is 0. The van der Waals surface area contributed by atoms with Gasteiger partial charge in [0.25, 0.3) is 0 Å². The molecule has 0 aliphatic heterocycles. The van der Waals surface area contributed by atoms with Gasteiger partial charge in [-0.3, -0.25) is 4.79 Å².